The maximum atomic E-state index is 11.5. The summed E-state index contributed by atoms with van der Waals surface area (Å²) >= 11 is 0. The van der Waals surface area contributed by atoms with Crippen molar-refractivity contribution in [3.05, 3.63) is 59.7 Å². The molecule has 2 N–H and O–H groups in total. The van der Waals surface area contributed by atoms with Crippen LogP contribution in [0.4, 0.5) is 11.4 Å². The number of benzene rings is 2. The molecule has 11 heteroatoms. The topological polar surface area (TPSA) is 115 Å². The molecule has 0 aliphatic rings. The molecule has 2 rings (SSSR count). The number of rotatable bonds is 9. The molecule has 0 bridgehead atoms. The van der Waals surface area contributed by atoms with Gasteiger partial charge < -0.3 is 9.80 Å². The smallest absolute Gasteiger partial charge is 0.354 e. The Balaban J connectivity index is 0.00000420. The first-order chi connectivity index (χ1) is 12.9. The second-order valence-corrected chi connectivity index (χ2v) is 9.47. The molecule has 0 aliphatic heterocycles. The van der Waals surface area contributed by atoms with Crippen LogP contribution in [0.5, 0.6) is 0 Å². The van der Waals surface area contributed by atoms with Crippen molar-refractivity contribution in [2.75, 3.05) is 34.6 Å². The minimum Gasteiger partial charge on any atom is -0.354 e. The van der Waals surface area contributed by atoms with Crippen LogP contribution in [-0.2, 0) is 20.2 Å². The Morgan fingerprint density at radius 2 is 1.07 bits per heavy atom. The first-order valence-corrected chi connectivity index (χ1v) is 11.7. The molecule has 29 heavy (non-hydrogen) atoms. The molecule has 0 fully saturated rings. The molecule has 0 amide bonds. The summed E-state index contributed by atoms with van der Waals surface area (Å²) in [6.07, 6.45) is 0. The van der Waals surface area contributed by atoms with Gasteiger partial charge in [0.1, 0.15) is 11.8 Å². The minimum absolute atomic E-state index is 0. The third-order valence-electron chi connectivity index (χ3n) is 4.01. The summed E-state index contributed by atoms with van der Waals surface area (Å²) in [5.41, 5.74) is 2.97. The Morgan fingerprint density at radius 1 is 0.724 bits per heavy atom. The molecular formula is C18H24N2NaO6S2+. The molecule has 0 atom stereocenters. The van der Waals surface area contributed by atoms with Gasteiger partial charge in [0.15, 0.2) is 0 Å². The summed E-state index contributed by atoms with van der Waals surface area (Å²) in [6.45, 7) is 3.92. The van der Waals surface area contributed by atoms with Gasteiger partial charge in [-0.3, -0.25) is 9.11 Å². The third-order valence-corrected chi connectivity index (χ3v) is 5.29. The van der Waals surface area contributed by atoms with Gasteiger partial charge in [0.05, 0.1) is 0 Å². The molecule has 0 aromatic heterocycles. The molecule has 0 heterocycles. The zero-order valence-corrected chi connectivity index (χ0v) is 20.3. The zero-order chi connectivity index (χ0) is 20.9. The van der Waals surface area contributed by atoms with E-state index in [4.69, 9.17) is 0 Å². The van der Waals surface area contributed by atoms with Gasteiger partial charge in [-0.05, 0) is 49.2 Å². The fourth-order valence-corrected chi connectivity index (χ4v) is 4.17. The average molecular weight is 452 g/mol. The fraction of sp³-hybridized carbons (Fsp3) is 0.333. The van der Waals surface area contributed by atoms with Crippen molar-refractivity contribution in [2.45, 2.75) is 13.8 Å². The summed E-state index contributed by atoms with van der Waals surface area (Å²) in [7, 11) is -8.60. The van der Waals surface area contributed by atoms with E-state index >= 15 is 0 Å². The van der Waals surface area contributed by atoms with Crippen molar-refractivity contribution in [2.24, 2.45) is 0 Å². The second kappa shape index (κ2) is 10.8. The summed E-state index contributed by atoms with van der Waals surface area (Å²) < 4.78 is 64.4. The maximum absolute atomic E-state index is 11.5. The molecule has 0 radical (unpaired) electrons. The van der Waals surface area contributed by atoms with Gasteiger partial charge in [0.25, 0.3) is 20.2 Å². The van der Waals surface area contributed by atoms with Gasteiger partial charge in [-0.25, -0.2) is 0 Å². The maximum Gasteiger partial charge on any atom is 1.00 e. The molecule has 2 aromatic rings. The van der Waals surface area contributed by atoms with Crippen molar-refractivity contribution in [3.63, 3.8) is 0 Å². The quantitative estimate of drug-likeness (QED) is 0.380. The second-order valence-electron chi connectivity index (χ2n) is 6.63. The summed E-state index contributed by atoms with van der Waals surface area (Å²) in [6, 6.07) is 14.2. The van der Waals surface area contributed by atoms with E-state index in [0.29, 0.717) is 11.4 Å². The van der Waals surface area contributed by atoms with Gasteiger partial charge in [-0.15, -0.1) is 0 Å². The van der Waals surface area contributed by atoms with E-state index in [1.807, 2.05) is 26.0 Å². The Morgan fingerprint density at radius 3 is 1.34 bits per heavy atom. The number of aryl methyl sites for hydroxylation is 2. The van der Waals surface area contributed by atoms with Crippen molar-refractivity contribution in [1.82, 2.24) is 0 Å². The molecule has 0 unspecified atom stereocenters. The van der Waals surface area contributed by atoms with E-state index in [0.717, 1.165) is 11.1 Å². The van der Waals surface area contributed by atoms with Crippen LogP contribution in [0, 0.1) is 13.8 Å². The Hall–Kier alpha value is -1.14. The van der Waals surface area contributed by atoms with Crippen molar-refractivity contribution < 1.29 is 55.5 Å². The van der Waals surface area contributed by atoms with Gasteiger partial charge in [0, 0.05) is 24.5 Å². The summed E-state index contributed by atoms with van der Waals surface area (Å²) in [5, 5.41) is 0. The number of hydrogen-bond donors (Lipinski definition) is 2. The van der Waals surface area contributed by atoms with E-state index in [9.17, 15) is 25.9 Å². The van der Waals surface area contributed by atoms with Gasteiger partial charge in [-0.2, -0.15) is 16.8 Å². The zero-order valence-electron chi connectivity index (χ0n) is 16.7. The summed E-state index contributed by atoms with van der Waals surface area (Å²) in [5.74, 6) is -1.27. The Labute approximate surface area is 194 Å². The number of nitrogens with zero attached hydrogens (tertiary/aromatic N) is 2. The molecule has 0 aliphatic carbocycles. The molecule has 2 aromatic carbocycles. The SMILES string of the molecule is Cc1cccc(N(CCN(CS(=O)(=O)O)c2cccc(C)c2)CS(=O)(=O)O)c1.[Na+]. The van der Waals surface area contributed by atoms with Gasteiger partial charge >= 0.3 is 29.6 Å². The largest absolute Gasteiger partial charge is 1.00 e. The van der Waals surface area contributed by atoms with Crippen molar-refractivity contribution >= 4 is 31.6 Å². The number of hydrogen-bond acceptors (Lipinski definition) is 6. The van der Waals surface area contributed by atoms with Crippen LogP contribution in [0.3, 0.4) is 0 Å². The van der Waals surface area contributed by atoms with Crippen molar-refractivity contribution in [3.8, 4) is 0 Å². The standard InChI is InChI=1S/C18H24N2O6S2.Na/c1-15-5-3-7-17(11-15)19(13-27(21,22)23)9-10-20(14-28(24,25)26)18-8-4-6-16(2)12-18;/h3-8,11-12H,9-10,13-14H2,1-2H3,(H,21,22,23)(H,24,25,26);/q;+1. The predicted octanol–water partition coefficient (Wildman–Crippen LogP) is -0.689. The molecule has 154 valence electrons. The van der Waals surface area contributed by atoms with Crippen LogP contribution in [0.15, 0.2) is 48.5 Å². The van der Waals surface area contributed by atoms with Crippen LogP contribution in [0.1, 0.15) is 11.1 Å². The Kier molecular flexibility index (Phi) is 9.61. The average Bonchev–Trinajstić information content (AvgIpc) is 2.55. The van der Waals surface area contributed by atoms with Crippen LogP contribution in [0.2, 0.25) is 0 Å². The van der Waals surface area contributed by atoms with Gasteiger partial charge in [0.2, 0.25) is 0 Å². The van der Waals surface area contributed by atoms with Crippen LogP contribution in [0.25, 0.3) is 0 Å². The van der Waals surface area contributed by atoms with Crippen molar-refractivity contribution in [1.29, 1.82) is 0 Å². The number of anilines is 2. The molecule has 0 spiro atoms. The first kappa shape index (κ1) is 25.9. The van der Waals surface area contributed by atoms with Crippen LogP contribution < -0.4 is 39.4 Å². The third kappa shape index (κ3) is 9.47. The van der Waals surface area contributed by atoms with E-state index in [1.165, 1.54) is 9.80 Å². The van der Waals surface area contributed by atoms with Crippen LogP contribution in [-0.4, -0.2) is 50.8 Å². The van der Waals surface area contributed by atoms with Gasteiger partial charge in [-0.1, -0.05) is 24.3 Å². The molecule has 0 saturated carbocycles. The van der Waals surface area contributed by atoms with Crippen LogP contribution >= 0.6 is 0 Å². The molecular weight excluding hydrogens is 427 g/mol. The molecule has 8 nitrogen and oxygen atoms in total. The fourth-order valence-electron chi connectivity index (χ4n) is 2.82. The first-order valence-electron chi connectivity index (χ1n) is 8.46. The minimum atomic E-state index is -4.30. The monoisotopic (exact) mass is 451 g/mol. The molecule has 0 saturated heterocycles. The summed E-state index contributed by atoms with van der Waals surface area (Å²) in [4.78, 5) is 2.88. The van der Waals surface area contributed by atoms with E-state index in [2.05, 4.69) is 0 Å². The Bertz CT molecular complexity index is 945. The van der Waals surface area contributed by atoms with E-state index < -0.39 is 32.0 Å². The predicted molar refractivity (Wildman–Crippen MR) is 110 cm³/mol. The van der Waals surface area contributed by atoms with E-state index in [-0.39, 0.29) is 42.6 Å². The van der Waals surface area contributed by atoms with E-state index in [1.54, 1.807) is 36.4 Å². The normalized spacial score (nSPS) is 11.6.